The van der Waals surface area contributed by atoms with Crippen LogP contribution in [-0.4, -0.2) is 25.1 Å². The van der Waals surface area contributed by atoms with Gasteiger partial charge in [0.05, 0.1) is 18.4 Å². The molecule has 1 aromatic carbocycles. The Morgan fingerprint density at radius 1 is 1.25 bits per heavy atom. The standard InChI is InChI=1S/C16H15F3N2O3/c1-21(9-10-4-3-5-11(8-10)15(23)24-2)12-6-7-13(22)20-14(12)16(17,18)19/h3-8H,9H2,1-2H3,(H,20,22). The summed E-state index contributed by atoms with van der Waals surface area (Å²) in [6.45, 7) is 0.111. The number of rotatable bonds is 4. The quantitative estimate of drug-likeness (QED) is 0.870. The van der Waals surface area contributed by atoms with E-state index in [-0.39, 0.29) is 12.2 Å². The Bertz CT molecular complexity index is 800. The largest absolute Gasteiger partial charge is 0.465 e. The highest BCUT2D eigenvalue weighted by atomic mass is 19.4. The van der Waals surface area contributed by atoms with Crippen LogP contribution in [0.15, 0.2) is 41.2 Å². The molecule has 2 aromatic rings. The number of hydrogen-bond acceptors (Lipinski definition) is 4. The molecule has 0 amide bonds. The Balaban J connectivity index is 2.33. The Morgan fingerprint density at radius 3 is 2.58 bits per heavy atom. The molecule has 0 radical (unpaired) electrons. The number of halogens is 3. The predicted octanol–water partition coefficient (Wildman–Crippen LogP) is 2.82. The molecule has 0 aliphatic carbocycles. The first-order valence-electron chi connectivity index (χ1n) is 6.91. The van der Waals surface area contributed by atoms with E-state index in [9.17, 15) is 22.8 Å². The van der Waals surface area contributed by atoms with Gasteiger partial charge in [-0.15, -0.1) is 0 Å². The van der Waals surface area contributed by atoms with E-state index in [1.807, 2.05) is 4.98 Å². The van der Waals surface area contributed by atoms with Crippen LogP contribution in [-0.2, 0) is 17.5 Å². The maximum atomic E-state index is 13.1. The van der Waals surface area contributed by atoms with E-state index in [0.29, 0.717) is 11.1 Å². The van der Waals surface area contributed by atoms with Crippen LogP contribution in [0, 0.1) is 0 Å². The lowest BCUT2D eigenvalue weighted by Crippen LogP contribution is -2.25. The van der Waals surface area contributed by atoms with Crippen molar-refractivity contribution in [2.75, 3.05) is 19.1 Å². The normalized spacial score (nSPS) is 11.2. The van der Waals surface area contributed by atoms with Gasteiger partial charge in [-0.05, 0) is 23.8 Å². The zero-order valence-corrected chi connectivity index (χ0v) is 13.0. The van der Waals surface area contributed by atoms with Crippen molar-refractivity contribution in [2.45, 2.75) is 12.7 Å². The van der Waals surface area contributed by atoms with Crippen LogP contribution in [0.2, 0.25) is 0 Å². The van der Waals surface area contributed by atoms with E-state index in [1.165, 1.54) is 19.1 Å². The van der Waals surface area contributed by atoms with Gasteiger partial charge >= 0.3 is 12.1 Å². The highest BCUT2D eigenvalue weighted by Crippen LogP contribution is 2.34. The highest BCUT2D eigenvalue weighted by molar-refractivity contribution is 5.89. The van der Waals surface area contributed by atoms with Crippen LogP contribution in [0.25, 0.3) is 0 Å². The van der Waals surface area contributed by atoms with Gasteiger partial charge in [0.1, 0.15) is 5.69 Å². The van der Waals surface area contributed by atoms with Crippen molar-refractivity contribution >= 4 is 11.7 Å². The summed E-state index contributed by atoms with van der Waals surface area (Å²) in [5.41, 5.74) is -1.17. The third kappa shape index (κ3) is 3.95. The van der Waals surface area contributed by atoms with Crippen LogP contribution >= 0.6 is 0 Å². The molecule has 5 nitrogen and oxygen atoms in total. The number of nitrogens with one attached hydrogen (secondary N) is 1. The minimum Gasteiger partial charge on any atom is -0.465 e. The number of carbonyl (C=O) groups excluding carboxylic acids is 1. The minimum absolute atomic E-state index is 0.111. The van der Waals surface area contributed by atoms with Crippen LogP contribution < -0.4 is 10.5 Å². The fourth-order valence-electron chi connectivity index (χ4n) is 2.27. The van der Waals surface area contributed by atoms with Gasteiger partial charge < -0.3 is 14.6 Å². The summed E-state index contributed by atoms with van der Waals surface area (Å²) in [5.74, 6) is -0.528. The molecule has 1 N–H and O–H groups in total. The first kappa shape index (κ1) is 17.6. The van der Waals surface area contributed by atoms with Crippen molar-refractivity contribution in [3.8, 4) is 0 Å². The second-order valence-corrected chi connectivity index (χ2v) is 5.13. The molecule has 24 heavy (non-hydrogen) atoms. The second kappa shape index (κ2) is 6.77. The second-order valence-electron chi connectivity index (χ2n) is 5.13. The predicted molar refractivity (Wildman–Crippen MR) is 82.0 cm³/mol. The molecule has 0 saturated carbocycles. The maximum absolute atomic E-state index is 13.1. The van der Waals surface area contributed by atoms with E-state index in [0.717, 1.165) is 12.1 Å². The van der Waals surface area contributed by atoms with Crippen LogP contribution in [0.5, 0.6) is 0 Å². The molecule has 1 heterocycles. The van der Waals surface area contributed by atoms with Crippen molar-refractivity contribution in [1.29, 1.82) is 0 Å². The van der Waals surface area contributed by atoms with Crippen molar-refractivity contribution < 1.29 is 22.7 Å². The molecule has 0 fully saturated rings. The van der Waals surface area contributed by atoms with E-state index >= 15 is 0 Å². The number of nitrogens with zero attached hydrogens (tertiary/aromatic N) is 1. The van der Waals surface area contributed by atoms with Gasteiger partial charge in [0.2, 0.25) is 5.56 Å². The number of anilines is 1. The highest BCUT2D eigenvalue weighted by Gasteiger charge is 2.35. The van der Waals surface area contributed by atoms with E-state index in [4.69, 9.17) is 0 Å². The van der Waals surface area contributed by atoms with Gasteiger partial charge in [0.15, 0.2) is 0 Å². The number of aromatic amines is 1. The number of ether oxygens (including phenoxy) is 1. The van der Waals surface area contributed by atoms with Crippen molar-refractivity contribution in [2.24, 2.45) is 0 Å². The molecule has 0 bridgehead atoms. The van der Waals surface area contributed by atoms with Gasteiger partial charge in [-0.1, -0.05) is 12.1 Å². The van der Waals surface area contributed by atoms with Crippen molar-refractivity contribution in [3.05, 3.63) is 63.6 Å². The van der Waals surface area contributed by atoms with Crippen molar-refractivity contribution in [1.82, 2.24) is 4.98 Å². The molecule has 0 aliphatic rings. The first-order chi connectivity index (χ1) is 11.2. The maximum Gasteiger partial charge on any atom is 0.433 e. The number of pyridine rings is 1. The van der Waals surface area contributed by atoms with E-state index in [2.05, 4.69) is 4.74 Å². The molecule has 0 unspecified atom stereocenters. The summed E-state index contributed by atoms with van der Waals surface area (Å²) in [7, 11) is 2.71. The molecule has 128 valence electrons. The van der Waals surface area contributed by atoms with E-state index < -0.39 is 23.4 Å². The average Bonchev–Trinajstić information content (AvgIpc) is 2.53. The number of methoxy groups -OCH3 is 1. The monoisotopic (exact) mass is 340 g/mol. The summed E-state index contributed by atoms with van der Waals surface area (Å²) in [6.07, 6.45) is -4.68. The van der Waals surface area contributed by atoms with Crippen LogP contribution in [0.3, 0.4) is 0 Å². The van der Waals surface area contributed by atoms with Gasteiger partial charge in [0.25, 0.3) is 0 Å². The number of H-pyrrole nitrogens is 1. The lowest BCUT2D eigenvalue weighted by atomic mass is 10.1. The number of aromatic nitrogens is 1. The lowest BCUT2D eigenvalue weighted by Gasteiger charge is -2.23. The first-order valence-corrected chi connectivity index (χ1v) is 6.91. The summed E-state index contributed by atoms with van der Waals surface area (Å²) in [6, 6.07) is 8.55. The Hall–Kier alpha value is -2.77. The average molecular weight is 340 g/mol. The van der Waals surface area contributed by atoms with Crippen molar-refractivity contribution in [3.63, 3.8) is 0 Å². The third-order valence-electron chi connectivity index (χ3n) is 3.36. The smallest absolute Gasteiger partial charge is 0.433 e. The summed E-state index contributed by atoms with van der Waals surface area (Å²) < 4.78 is 43.9. The summed E-state index contributed by atoms with van der Waals surface area (Å²) >= 11 is 0. The number of carbonyl (C=O) groups is 1. The molecule has 0 aliphatic heterocycles. The lowest BCUT2D eigenvalue weighted by molar-refractivity contribution is -0.140. The third-order valence-corrected chi connectivity index (χ3v) is 3.36. The minimum atomic E-state index is -4.68. The molecule has 2 rings (SSSR count). The van der Waals surface area contributed by atoms with Gasteiger partial charge in [-0.25, -0.2) is 4.79 Å². The molecule has 1 aromatic heterocycles. The molecular weight excluding hydrogens is 325 g/mol. The Labute approximate surface area is 135 Å². The SMILES string of the molecule is COC(=O)c1cccc(CN(C)c2ccc(=O)[nH]c2C(F)(F)F)c1. The Morgan fingerprint density at radius 2 is 1.96 bits per heavy atom. The fraction of sp³-hybridized carbons (Fsp3) is 0.250. The number of alkyl halides is 3. The van der Waals surface area contributed by atoms with Crippen LogP contribution in [0.1, 0.15) is 21.6 Å². The fourth-order valence-corrected chi connectivity index (χ4v) is 2.27. The molecule has 0 saturated heterocycles. The van der Waals surface area contributed by atoms with Gasteiger partial charge in [-0.2, -0.15) is 13.2 Å². The zero-order chi connectivity index (χ0) is 17.9. The molecule has 0 atom stereocenters. The number of benzene rings is 1. The molecule has 8 heteroatoms. The number of esters is 1. The topological polar surface area (TPSA) is 62.4 Å². The summed E-state index contributed by atoms with van der Waals surface area (Å²) in [5, 5.41) is 0. The summed E-state index contributed by atoms with van der Waals surface area (Å²) in [4.78, 5) is 25.9. The zero-order valence-electron chi connectivity index (χ0n) is 13.0. The van der Waals surface area contributed by atoms with Gasteiger partial charge in [-0.3, -0.25) is 4.79 Å². The molecular formula is C16H15F3N2O3. The Kier molecular flexibility index (Phi) is 4.96. The molecule has 0 spiro atoms. The van der Waals surface area contributed by atoms with E-state index in [1.54, 1.807) is 24.3 Å². The number of hydrogen-bond donors (Lipinski definition) is 1. The van der Waals surface area contributed by atoms with Crippen LogP contribution in [0.4, 0.5) is 18.9 Å². The van der Waals surface area contributed by atoms with Gasteiger partial charge in [0, 0.05) is 19.7 Å².